The summed E-state index contributed by atoms with van der Waals surface area (Å²) in [7, 11) is -1.52. The van der Waals surface area contributed by atoms with Crippen molar-refractivity contribution in [2.45, 2.75) is 89.4 Å². The van der Waals surface area contributed by atoms with Gasteiger partial charge in [-0.15, -0.1) is 0 Å². The number of rotatable bonds is 3. The number of fused-ring (bicyclic) bond motifs is 4. The number of ether oxygens (including phenoxy) is 2. The maximum Gasteiger partial charge on any atom is 0.263 e. The molecular formula is C37H49ClN2O4S. The van der Waals surface area contributed by atoms with E-state index < -0.39 is 11.0 Å². The molecule has 2 aliphatic heterocycles. The van der Waals surface area contributed by atoms with Crippen LogP contribution in [0.3, 0.4) is 0 Å². The Hall–Kier alpha value is -2.35. The van der Waals surface area contributed by atoms with E-state index in [2.05, 4.69) is 61.6 Å². The fourth-order valence-electron chi connectivity index (χ4n) is 7.87. The van der Waals surface area contributed by atoms with Gasteiger partial charge in [-0.3, -0.25) is 9.52 Å². The van der Waals surface area contributed by atoms with Gasteiger partial charge in [0.05, 0.1) is 29.8 Å². The van der Waals surface area contributed by atoms with E-state index in [4.69, 9.17) is 21.1 Å². The minimum atomic E-state index is -1.52. The van der Waals surface area contributed by atoms with Crippen molar-refractivity contribution in [3.8, 4) is 5.75 Å². The second kappa shape index (κ2) is 13.0. The minimum absolute atomic E-state index is 0.127. The summed E-state index contributed by atoms with van der Waals surface area (Å²) in [4.78, 5) is 16.0. The van der Waals surface area contributed by atoms with Crippen LogP contribution in [0.1, 0.15) is 88.2 Å². The van der Waals surface area contributed by atoms with Gasteiger partial charge in [-0.2, -0.15) is 0 Å². The molecule has 7 atom stereocenters. The summed E-state index contributed by atoms with van der Waals surface area (Å²) in [6.45, 7) is 13.6. The average Bonchev–Trinajstić information content (AvgIpc) is 3.14. The molecule has 0 saturated heterocycles. The van der Waals surface area contributed by atoms with Gasteiger partial charge in [0.15, 0.2) is 0 Å². The van der Waals surface area contributed by atoms with E-state index in [-0.39, 0.29) is 28.1 Å². The van der Waals surface area contributed by atoms with Gasteiger partial charge in [0.25, 0.3) is 5.91 Å². The summed E-state index contributed by atoms with van der Waals surface area (Å²) >= 11 is 6.46. The van der Waals surface area contributed by atoms with E-state index >= 15 is 0 Å². The normalized spacial score (nSPS) is 34.2. The summed E-state index contributed by atoms with van der Waals surface area (Å²) in [5.41, 5.74) is 3.50. The van der Waals surface area contributed by atoms with Crippen LogP contribution in [-0.4, -0.2) is 47.3 Å². The second-order valence-corrected chi connectivity index (χ2v) is 16.6. The predicted octanol–water partition coefficient (Wildman–Crippen LogP) is 7.65. The van der Waals surface area contributed by atoms with E-state index in [9.17, 15) is 9.00 Å². The molecule has 2 heterocycles. The maximum atomic E-state index is 13.5. The van der Waals surface area contributed by atoms with Crippen molar-refractivity contribution in [2.24, 2.45) is 23.7 Å². The lowest BCUT2D eigenvalue weighted by Gasteiger charge is -2.50. The van der Waals surface area contributed by atoms with Crippen LogP contribution in [0, 0.1) is 23.7 Å². The number of hydrogen-bond donors (Lipinski definition) is 1. The Kier molecular flexibility index (Phi) is 9.44. The van der Waals surface area contributed by atoms with Crippen molar-refractivity contribution in [2.75, 3.05) is 31.2 Å². The Morgan fingerprint density at radius 2 is 2.00 bits per heavy atom. The third kappa shape index (κ3) is 6.59. The largest absolute Gasteiger partial charge is 0.490 e. The molecule has 2 aromatic rings. The topological polar surface area (TPSA) is 67.9 Å². The zero-order valence-corrected chi connectivity index (χ0v) is 29.0. The smallest absolute Gasteiger partial charge is 0.263 e. The van der Waals surface area contributed by atoms with E-state index in [1.165, 1.54) is 11.1 Å². The lowest BCUT2D eigenvalue weighted by Crippen LogP contribution is -2.52. The molecule has 0 aromatic heterocycles. The molecule has 6 rings (SSSR count). The fourth-order valence-corrected chi connectivity index (χ4v) is 9.08. The number of aryl methyl sites for hydroxylation is 1. The van der Waals surface area contributed by atoms with E-state index in [0.717, 1.165) is 68.1 Å². The molecule has 244 valence electrons. The first-order valence-corrected chi connectivity index (χ1v) is 18.4. The molecule has 8 heteroatoms. The summed E-state index contributed by atoms with van der Waals surface area (Å²) in [5.74, 6) is 1.84. The molecule has 1 saturated carbocycles. The number of hydrogen-bond acceptors (Lipinski definition) is 5. The number of anilines is 1. The molecule has 2 bridgehead atoms. The van der Waals surface area contributed by atoms with Crippen molar-refractivity contribution < 1.29 is 18.5 Å². The first-order chi connectivity index (χ1) is 21.5. The van der Waals surface area contributed by atoms with Crippen LogP contribution >= 0.6 is 11.6 Å². The Morgan fingerprint density at radius 1 is 1.18 bits per heavy atom. The van der Waals surface area contributed by atoms with Crippen molar-refractivity contribution in [3.63, 3.8) is 0 Å². The standard InChI is InChI=1S/C37H49ClN2O4S/c1-24(2)21-44-36(5)16-6-8-25(3)26(4)45(42)39-35(41)28-11-15-34-33(19-28)40(20-29-10-13-31(29)36)22-37(23-43-34)17-7-9-27-18-30(38)12-14-32(27)37/h6,11-12,14-16,18-19,24-26,29,31H,7-10,13,17,20-23H2,1-5H3,(H,39,41)/b16-6+/t25?,26?,29?,31?,36-,37-,45?/m0/s1. The summed E-state index contributed by atoms with van der Waals surface area (Å²) in [6, 6.07) is 12.0. The Morgan fingerprint density at radius 3 is 2.76 bits per heavy atom. The highest BCUT2D eigenvalue weighted by Crippen LogP contribution is 2.49. The molecule has 1 fully saturated rings. The first kappa shape index (κ1) is 32.6. The molecule has 5 unspecified atom stereocenters. The van der Waals surface area contributed by atoms with Crippen molar-refractivity contribution in [3.05, 3.63) is 70.3 Å². The Bertz CT molecular complexity index is 1480. The highest BCUT2D eigenvalue weighted by Gasteiger charge is 2.47. The van der Waals surface area contributed by atoms with Gasteiger partial charge in [-0.05, 0) is 118 Å². The van der Waals surface area contributed by atoms with E-state index in [1.807, 2.05) is 25.1 Å². The molecule has 4 aliphatic rings. The monoisotopic (exact) mass is 652 g/mol. The number of nitrogens with zero attached hydrogens (tertiary/aromatic N) is 1. The van der Waals surface area contributed by atoms with Crippen LogP contribution in [0.4, 0.5) is 5.69 Å². The van der Waals surface area contributed by atoms with Crippen LogP contribution in [0.25, 0.3) is 0 Å². The van der Waals surface area contributed by atoms with Crippen molar-refractivity contribution in [1.29, 1.82) is 0 Å². The van der Waals surface area contributed by atoms with Gasteiger partial charge in [0.2, 0.25) is 0 Å². The molecule has 1 N–H and O–H groups in total. The van der Waals surface area contributed by atoms with Crippen molar-refractivity contribution in [1.82, 2.24) is 4.72 Å². The number of benzene rings is 2. The first-order valence-electron chi connectivity index (χ1n) is 16.8. The highest BCUT2D eigenvalue weighted by atomic mass is 35.5. The number of carbonyl (C=O) groups is 1. The van der Waals surface area contributed by atoms with Crippen LogP contribution in [0.2, 0.25) is 5.02 Å². The summed E-state index contributed by atoms with van der Waals surface area (Å²) in [6.07, 6.45) is 10.7. The van der Waals surface area contributed by atoms with Gasteiger partial charge in [0, 0.05) is 29.1 Å². The number of nitrogens with one attached hydrogen (secondary N) is 1. The minimum Gasteiger partial charge on any atom is -0.490 e. The zero-order valence-electron chi connectivity index (χ0n) is 27.4. The lowest BCUT2D eigenvalue weighted by atomic mass is 9.64. The maximum absolute atomic E-state index is 13.5. The van der Waals surface area contributed by atoms with Crippen LogP contribution in [-0.2, 0) is 27.6 Å². The summed E-state index contributed by atoms with van der Waals surface area (Å²) < 4.78 is 29.5. The molecular weight excluding hydrogens is 604 g/mol. The third-order valence-electron chi connectivity index (χ3n) is 10.9. The van der Waals surface area contributed by atoms with Gasteiger partial charge < -0.3 is 14.4 Å². The number of allylic oxidation sites excluding steroid dienone is 1. The SMILES string of the molecule is CC(C)CO[C@@]1(C)/C=C/CC(C)C(C)S(=O)NC(=O)c2ccc3c(c2)N(CC2CCC21)C[C@@]1(CCCc2cc(Cl)ccc21)CO3. The predicted molar refractivity (Wildman–Crippen MR) is 184 cm³/mol. The van der Waals surface area contributed by atoms with Crippen LogP contribution in [0.15, 0.2) is 48.6 Å². The van der Waals surface area contributed by atoms with Crippen molar-refractivity contribution >= 4 is 34.2 Å². The van der Waals surface area contributed by atoms with Gasteiger partial charge >= 0.3 is 0 Å². The van der Waals surface area contributed by atoms with E-state index in [0.29, 0.717) is 36.5 Å². The average molecular weight is 653 g/mol. The number of carbonyl (C=O) groups excluding carboxylic acids is 1. The van der Waals surface area contributed by atoms with Gasteiger partial charge in [-0.25, -0.2) is 4.21 Å². The molecule has 6 nitrogen and oxygen atoms in total. The molecule has 1 amide bonds. The molecule has 0 radical (unpaired) electrons. The molecule has 2 aliphatic carbocycles. The zero-order chi connectivity index (χ0) is 31.9. The summed E-state index contributed by atoms with van der Waals surface area (Å²) in [5, 5.41) is 0.572. The number of halogens is 1. The van der Waals surface area contributed by atoms with Gasteiger partial charge in [-0.1, -0.05) is 50.6 Å². The quantitative estimate of drug-likeness (QED) is 0.345. The Balaban J connectivity index is 1.42. The molecule has 1 spiro atoms. The lowest BCUT2D eigenvalue weighted by molar-refractivity contribution is -0.0940. The molecule has 2 aromatic carbocycles. The fraction of sp³-hybridized carbons (Fsp3) is 0.595. The second-order valence-electron chi connectivity index (χ2n) is 14.7. The molecule has 45 heavy (non-hydrogen) atoms. The third-order valence-corrected chi connectivity index (χ3v) is 12.7. The van der Waals surface area contributed by atoms with Crippen LogP contribution in [0.5, 0.6) is 5.75 Å². The van der Waals surface area contributed by atoms with Gasteiger partial charge in [0.1, 0.15) is 16.7 Å². The number of amides is 1. The Labute approximate surface area is 276 Å². The van der Waals surface area contributed by atoms with E-state index in [1.54, 1.807) is 6.07 Å². The van der Waals surface area contributed by atoms with Crippen LogP contribution < -0.4 is 14.4 Å². The highest BCUT2D eigenvalue weighted by molar-refractivity contribution is 7.84.